The van der Waals surface area contributed by atoms with Gasteiger partial charge in [0.15, 0.2) is 0 Å². The van der Waals surface area contributed by atoms with E-state index in [4.69, 9.17) is 16.3 Å². The molecule has 2 aromatic rings. The van der Waals surface area contributed by atoms with Gasteiger partial charge in [-0.1, -0.05) is 17.7 Å². The van der Waals surface area contributed by atoms with Crippen LogP contribution in [0.3, 0.4) is 0 Å². The van der Waals surface area contributed by atoms with Gasteiger partial charge >= 0.3 is 0 Å². The van der Waals surface area contributed by atoms with E-state index in [-0.39, 0.29) is 0 Å². The Balaban J connectivity index is 1.95. The van der Waals surface area contributed by atoms with Crippen molar-refractivity contribution in [3.8, 4) is 5.75 Å². The van der Waals surface area contributed by atoms with Gasteiger partial charge in [-0.05, 0) is 23.6 Å². The molecule has 0 saturated heterocycles. The van der Waals surface area contributed by atoms with Gasteiger partial charge in [0, 0.05) is 4.88 Å². The molecule has 0 aliphatic carbocycles. The van der Waals surface area contributed by atoms with Gasteiger partial charge in [0.2, 0.25) is 0 Å². The van der Waals surface area contributed by atoms with E-state index in [2.05, 4.69) is 4.98 Å². The Morgan fingerprint density at radius 2 is 2.29 bits per heavy atom. The molecule has 0 amide bonds. The second kappa shape index (κ2) is 4.44. The highest BCUT2D eigenvalue weighted by Crippen LogP contribution is 2.15. The number of ether oxygens (including phenoxy) is 1. The van der Waals surface area contributed by atoms with Gasteiger partial charge in [-0.15, -0.1) is 11.3 Å². The van der Waals surface area contributed by atoms with Crippen LogP contribution >= 0.6 is 22.9 Å². The van der Waals surface area contributed by atoms with Gasteiger partial charge in [-0.2, -0.15) is 0 Å². The molecule has 0 aliphatic rings. The molecule has 2 heterocycles. The zero-order valence-electron chi connectivity index (χ0n) is 7.31. The molecule has 0 radical (unpaired) electrons. The molecule has 14 heavy (non-hydrogen) atoms. The minimum Gasteiger partial charge on any atom is -0.486 e. The first-order valence-electron chi connectivity index (χ1n) is 4.11. The summed E-state index contributed by atoms with van der Waals surface area (Å²) in [7, 11) is 0. The molecule has 0 aromatic carbocycles. The molecule has 72 valence electrons. The van der Waals surface area contributed by atoms with E-state index in [1.807, 2.05) is 23.6 Å². The van der Waals surface area contributed by atoms with Gasteiger partial charge in [0.1, 0.15) is 17.5 Å². The maximum atomic E-state index is 5.65. The Morgan fingerprint density at radius 3 is 2.93 bits per heavy atom. The summed E-state index contributed by atoms with van der Waals surface area (Å²) < 4.78 is 5.49. The standard InChI is InChI=1S/C10H8ClNOS/c11-10-4-3-8(6-12-10)13-7-9-2-1-5-14-9/h1-6H,7H2. The van der Waals surface area contributed by atoms with E-state index >= 15 is 0 Å². The summed E-state index contributed by atoms with van der Waals surface area (Å²) in [4.78, 5) is 5.12. The lowest BCUT2D eigenvalue weighted by Crippen LogP contribution is -1.92. The topological polar surface area (TPSA) is 22.1 Å². The van der Waals surface area contributed by atoms with Crippen molar-refractivity contribution >= 4 is 22.9 Å². The van der Waals surface area contributed by atoms with Crippen LogP contribution in [0.4, 0.5) is 0 Å². The lowest BCUT2D eigenvalue weighted by atomic mass is 10.4. The molecule has 4 heteroatoms. The van der Waals surface area contributed by atoms with Crippen LogP contribution in [0.1, 0.15) is 4.88 Å². The Kier molecular flexibility index (Phi) is 3.01. The Labute approximate surface area is 91.1 Å². The first-order chi connectivity index (χ1) is 6.84. The van der Waals surface area contributed by atoms with Crippen molar-refractivity contribution in [2.45, 2.75) is 6.61 Å². The van der Waals surface area contributed by atoms with Crippen molar-refractivity contribution < 1.29 is 4.74 Å². The van der Waals surface area contributed by atoms with Crippen molar-refractivity contribution in [2.75, 3.05) is 0 Å². The third-order valence-corrected chi connectivity index (χ3v) is 2.73. The summed E-state index contributed by atoms with van der Waals surface area (Å²) in [5.41, 5.74) is 0. The van der Waals surface area contributed by atoms with E-state index in [1.54, 1.807) is 23.6 Å². The van der Waals surface area contributed by atoms with E-state index < -0.39 is 0 Å². The number of hydrogen-bond donors (Lipinski definition) is 0. The number of nitrogens with zero attached hydrogens (tertiary/aromatic N) is 1. The van der Waals surface area contributed by atoms with E-state index in [9.17, 15) is 0 Å². The van der Waals surface area contributed by atoms with Crippen molar-refractivity contribution in [3.63, 3.8) is 0 Å². The van der Waals surface area contributed by atoms with Crippen LogP contribution in [0.25, 0.3) is 0 Å². The number of hydrogen-bond acceptors (Lipinski definition) is 3. The van der Waals surface area contributed by atoms with Gasteiger partial charge in [-0.3, -0.25) is 0 Å². The van der Waals surface area contributed by atoms with Gasteiger partial charge in [-0.25, -0.2) is 4.98 Å². The number of pyridine rings is 1. The lowest BCUT2D eigenvalue weighted by Gasteiger charge is -2.03. The van der Waals surface area contributed by atoms with Gasteiger partial charge < -0.3 is 4.74 Å². The van der Waals surface area contributed by atoms with Crippen molar-refractivity contribution in [1.82, 2.24) is 4.98 Å². The zero-order valence-corrected chi connectivity index (χ0v) is 8.89. The Morgan fingerprint density at radius 1 is 1.36 bits per heavy atom. The lowest BCUT2D eigenvalue weighted by molar-refractivity contribution is 0.308. The predicted molar refractivity (Wildman–Crippen MR) is 57.9 cm³/mol. The van der Waals surface area contributed by atoms with Crippen LogP contribution in [0, 0.1) is 0 Å². The van der Waals surface area contributed by atoms with Gasteiger partial charge in [0.05, 0.1) is 6.20 Å². The highest BCUT2D eigenvalue weighted by Gasteiger charge is 1.96. The Hall–Kier alpha value is -1.06. The summed E-state index contributed by atoms with van der Waals surface area (Å²) in [6.45, 7) is 0.584. The monoisotopic (exact) mass is 225 g/mol. The predicted octanol–water partition coefficient (Wildman–Crippen LogP) is 3.38. The number of halogens is 1. The maximum Gasteiger partial charge on any atom is 0.138 e. The molecule has 2 nitrogen and oxygen atoms in total. The average molecular weight is 226 g/mol. The van der Waals surface area contributed by atoms with Crippen LogP contribution in [-0.4, -0.2) is 4.98 Å². The summed E-state index contributed by atoms with van der Waals surface area (Å²) >= 11 is 7.32. The normalized spacial score (nSPS) is 10.1. The molecule has 2 aromatic heterocycles. The molecule has 0 bridgehead atoms. The third-order valence-electron chi connectivity index (χ3n) is 1.66. The van der Waals surface area contributed by atoms with Crippen LogP contribution in [0.15, 0.2) is 35.8 Å². The number of thiophene rings is 1. The summed E-state index contributed by atoms with van der Waals surface area (Å²) in [6.07, 6.45) is 1.62. The molecular weight excluding hydrogens is 218 g/mol. The van der Waals surface area contributed by atoms with Gasteiger partial charge in [0.25, 0.3) is 0 Å². The highest BCUT2D eigenvalue weighted by atomic mass is 35.5. The molecule has 0 N–H and O–H groups in total. The van der Waals surface area contributed by atoms with Crippen LogP contribution < -0.4 is 4.74 Å². The Bertz CT molecular complexity index is 385. The molecule has 0 atom stereocenters. The fourth-order valence-electron chi connectivity index (χ4n) is 0.997. The molecule has 2 rings (SSSR count). The third kappa shape index (κ3) is 2.47. The van der Waals surface area contributed by atoms with Crippen molar-refractivity contribution in [2.24, 2.45) is 0 Å². The summed E-state index contributed by atoms with van der Waals surface area (Å²) in [5, 5.41) is 2.51. The average Bonchev–Trinajstić information content (AvgIpc) is 2.70. The SMILES string of the molecule is Clc1ccc(OCc2cccs2)cn1. The fourth-order valence-corrected chi connectivity index (χ4v) is 1.72. The molecule has 0 aliphatic heterocycles. The molecule has 0 spiro atoms. The van der Waals surface area contributed by atoms with Crippen molar-refractivity contribution in [3.05, 3.63) is 45.9 Å². The second-order valence-corrected chi connectivity index (χ2v) is 4.10. The first-order valence-corrected chi connectivity index (χ1v) is 5.37. The second-order valence-electron chi connectivity index (χ2n) is 2.68. The number of rotatable bonds is 3. The summed E-state index contributed by atoms with van der Waals surface area (Å²) in [5.74, 6) is 0.739. The van der Waals surface area contributed by atoms with E-state index in [1.165, 1.54) is 4.88 Å². The minimum absolute atomic E-state index is 0.480. The summed E-state index contributed by atoms with van der Waals surface area (Å²) in [6, 6.07) is 7.56. The minimum atomic E-state index is 0.480. The van der Waals surface area contributed by atoms with Crippen LogP contribution in [0.2, 0.25) is 5.15 Å². The highest BCUT2D eigenvalue weighted by molar-refractivity contribution is 7.09. The van der Waals surface area contributed by atoms with E-state index in [0.29, 0.717) is 11.8 Å². The number of aromatic nitrogens is 1. The van der Waals surface area contributed by atoms with Crippen LogP contribution in [0.5, 0.6) is 5.75 Å². The van der Waals surface area contributed by atoms with Crippen LogP contribution in [-0.2, 0) is 6.61 Å². The molecule has 0 fully saturated rings. The zero-order chi connectivity index (χ0) is 9.80. The largest absolute Gasteiger partial charge is 0.486 e. The molecule has 0 saturated carbocycles. The molecular formula is C10H8ClNOS. The maximum absolute atomic E-state index is 5.65. The first kappa shape index (κ1) is 9.49. The van der Waals surface area contributed by atoms with Crippen molar-refractivity contribution in [1.29, 1.82) is 0 Å². The molecule has 0 unspecified atom stereocenters. The van der Waals surface area contributed by atoms with E-state index in [0.717, 1.165) is 5.75 Å². The fraction of sp³-hybridized carbons (Fsp3) is 0.100. The quantitative estimate of drug-likeness (QED) is 0.748. The smallest absolute Gasteiger partial charge is 0.138 e.